The van der Waals surface area contributed by atoms with Crippen molar-refractivity contribution in [1.82, 2.24) is 25.1 Å². The van der Waals surface area contributed by atoms with Crippen LogP contribution in [0.5, 0.6) is 5.75 Å². The van der Waals surface area contributed by atoms with E-state index in [1.807, 2.05) is 25.5 Å². The molecule has 0 saturated carbocycles. The molecule has 1 aromatic carbocycles. The lowest BCUT2D eigenvalue weighted by Crippen LogP contribution is -2.54. The minimum Gasteiger partial charge on any atom is -0.507 e. The second-order valence-corrected chi connectivity index (χ2v) is 8.57. The third-order valence-corrected chi connectivity index (χ3v) is 5.85. The lowest BCUT2D eigenvalue weighted by atomic mass is 10.1. The van der Waals surface area contributed by atoms with Gasteiger partial charge in [-0.05, 0) is 32.0 Å². The Bertz CT molecular complexity index is 1260. The second kappa shape index (κ2) is 7.11. The Balaban J connectivity index is 1.57. The third-order valence-electron chi connectivity index (χ3n) is 5.53. The molecule has 0 radical (unpaired) electrons. The molecule has 2 N–H and O–H groups in total. The normalized spacial score (nSPS) is 19.7. The molecule has 1 fully saturated rings. The van der Waals surface area contributed by atoms with E-state index < -0.39 is 0 Å². The van der Waals surface area contributed by atoms with Crippen molar-refractivity contribution >= 4 is 39.2 Å². The minimum atomic E-state index is 0.115. The molecule has 4 heterocycles. The molecule has 30 heavy (non-hydrogen) atoms. The van der Waals surface area contributed by atoms with Gasteiger partial charge in [0.25, 0.3) is 0 Å². The minimum absolute atomic E-state index is 0.115. The molecule has 1 aliphatic rings. The molecule has 154 valence electrons. The molecule has 1 aliphatic heterocycles. The van der Waals surface area contributed by atoms with Crippen molar-refractivity contribution in [1.29, 1.82) is 0 Å². The highest BCUT2D eigenvalue weighted by atomic mass is 35.5. The van der Waals surface area contributed by atoms with Crippen LogP contribution >= 0.6 is 11.6 Å². The van der Waals surface area contributed by atoms with Gasteiger partial charge in [-0.3, -0.25) is 4.68 Å². The van der Waals surface area contributed by atoms with Crippen LogP contribution in [-0.4, -0.2) is 50.0 Å². The van der Waals surface area contributed by atoms with Gasteiger partial charge in [-0.1, -0.05) is 11.6 Å². The van der Waals surface area contributed by atoms with E-state index in [-0.39, 0.29) is 5.75 Å². The number of anilines is 1. The molecule has 0 aliphatic carbocycles. The molecular formula is C22H23ClN6O. The van der Waals surface area contributed by atoms with Gasteiger partial charge in [-0.25, -0.2) is 9.97 Å². The second-order valence-electron chi connectivity index (χ2n) is 8.16. The first kappa shape index (κ1) is 19.1. The molecule has 4 aromatic rings. The maximum atomic E-state index is 10.5. The number of halogens is 1. The summed E-state index contributed by atoms with van der Waals surface area (Å²) in [5.41, 5.74) is 3.52. The summed E-state index contributed by atoms with van der Waals surface area (Å²) in [6.07, 6.45) is 3.76. The van der Waals surface area contributed by atoms with Crippen LogP contribution in [-0.2, 0) is 7.05 Å². The van der Waals surface area contributed by atoms with Crippen molar-refractivity contribution < 1.29 is 5.11 Å². The van der Waals surface area contributed by atoms with Gasteiger partial charge in [-0.2, -0.15) is 5.10 Å². The number of phenolic OH excluding ortho intramolecular Hbond substituents is 1. The predicted octanol–water partition coefficient (Wildman–Crippen LogP) is 3.73. The summed E-state index contributed by atoms with van der Waals surface area (Å²) in [6, 6.07) is 8.18. The van der Waals surface area contributed by atoms with Gasteiger partial charge in [0.2, 0.25) is 0 Å². The van der Waals surface area contributed by atoms with Gasteiger partial charge in [0.15, 0.2) is 5.65 Å². The highest BCUT2D eigenvalue weighted by Gasteiger charge is 2.22. The van der Waals surface area contributed by atoms with Gasteiger partial charge >= 0.3 is 0 Å². The number of piperazine rings is 1. The van der Waals surface area contributed by atoms with Gasteiger partial charge in [0, 0.05) is 60.8 Å². The number of nitrogens with one attached hydrogen (secondary N) is 1. The van der Waals surface area contributed by atoms with E-state index in [0.29, 0.717) is 34.0 Å². The number of rotatable bonds is 2. The molecule has 5 rings (SSSR count). The molecule has 2 atom stereocenters. The van der Waals surface area contributed by atoms with Crippen molar-refractivity contribution in [3.8, 4) is 17.0 Å². The average Bonchev–Trinajstić information content (AvgIpc) is 3.05. The summed E-state index contributed by atoms with van der Waals surface area (Å²) < 4.78 is 1.72. The quantitative estimate of drug-likeness (QED) is 0.512. The van der Waals surface area contributed by atoms with E-state index in [2.05, 4.69) is 45.2 Å². The Hall–Kier alpha value is -2.90. The van der Waals surface area contributed by atoms with E-state index in [9.17, 15) is 5.11 Å². The van der Waals surface area contributed by atoms with E-state index in [0.717, 1.165) is 35.1 Å². The molecule has 1 saturated heterocycles. The van der Waals surface area contributed by atoms with Crippen LogP contribution in [0.3, 0.4) is 0 Å². The molecule has 3 aromatic heterocycles. The van der Waals surface area contributed by atoms with Crippen molar-refractivity contribution in [2.45, 2.75) is 25.9 Å². The first-order valence-electron chi connectivity index (χ1n) is 10.0. The van der Waals surface area contributed by atoms with Crippen LogP contribution in [0.2, 0.25) is 5.02 Å². The van der Waals surface area contributed by atoms with Gasteiger partial charge in [0.1, 0.15) is 5.75 Å². The largest absolute Gasteiger partial charge is 0.507 e. The highest BCUT2D eigenvalue weighted by Crippen LogP contribution is 2.35. The first-order valence-corrected chi connectivity index (χ1v) is 10.4. The average molecular weight is 423 g/mol. The number of nitrogens with zero attached hydrogens (tertiary/aromatic N) is 5. The van der Waals surface area contributed by atoms with Gasteiger partial charge < -0.3 is 15.3 Å². The first-order chi connectivity index (χ1) is 14.4. The summed E-state index contributed by atoms with van der Waals surface area (Å²) in [4.78, 5) is 11.6. The number of benzene rings is 1. The van der Waals surface area contributed by atoms with Crippen LogP contribution in [0, 0.1) is 0 Å². The molecule has 7 nitrogen and oxygen atoms in total. The molecule has 0 amide bonds. The number of aromatic hydroxyl groups is 1. The van der Waals surface area contributed by atoms with E-state index in [1.54, 1.807) is 16.8 Å². The third kappa shape index (κ3) is 3.34. The number of fused-ring (bicyclic) bond motifs is 2. The van der Waals surface area contributed by atoms with Gasteiger partial charge in [0.05, 0.1) is 28.1 Å². The zero-order valence-corrected chi connectivity index (χ0v) is 17.9. The van der Waals surface area contributed by atoms with Crippen molar-refractivity contribution in [2.75, 3.05) is 18.0 Å². The smallest absolute Gasteiger partial charge is 0.161 e. The number of aryl methyl sites for hydroxylation is 1. The fraction of sp³-hybridized carbons (Fsp3) is 0.318. The Morgan fingerprint density at radius 1 is 1.13 bits per heavy atom. The van der Waals surface area contributed by atoms with Gasteiger partial charge in [-0.15, -0.1) is 0 Å². The molecule has 0 spiro atoms. The molecule has 8 heteroatoms. The van der Waals surface area contributed by atoms with Crippen LogP contribution < -0.4 is 10.2 Å². The molecule has 0 unspecified atom stereocenters. The Morgan fingerprint density at radius 3 is 2.67 bits per heavy atom. The zero-order chi connectivity index (χ0) is 21.0. The number of pyridine rings is 2. The monoisotopic (exact) mass is 422 g/mol. The number of hydrogen-bond acceptors (Lipinski definition) is 6. The van der Waals surface area contributed by atoms with Crippen LogP contribution in [0.1, 0.15) is 13.8 Å². The van der Waals surface area contributed by atoms with Crippen molar-refractivity contribution in [3.63, 3.8) is 0 Å². The lowest BCUT2D eigenvalue weighted by molar-refractivity contribution is 0.407. The number of phenols is 1. The fourth-order valence-corrected chi connectivity index (χ4v) is 4.54. The lowest BCUT2D eigenvalue weighted by Gasteiger charge is -2.37. The van der Waals surface area contributed by atoms with Crippen molar-refractivity contribution in [3.05, 3.63) is 41.7 Å². The van der Waals surface area contributed by atoms with Crippen molar-refractivity contribution in [2.24, 2.45) is 7.05 Å². The molecular weight excluding hydrogens is 400 g/mol. The summed E-state index contributed by atoms with van der Waals surface area (Å²) in [5, 5.41) is 20.7. The predicted molar refractivity (Wildman–Crippen MR) is 120 cm³/mol. The summed E-state index contributed by atoms with van der Waals surface area (Å²) >= 11 is 6.65. The standard InChI is InChI=1S/C22H23ClN6O/c1-12-9-29(10-13(2)25-12)15-5-16-18(23)6-20(26-22(16)24-8-15)17-4-14-11-28(3)27-19(14)7-21(17)30/h4-8,11-13,25,30H,9-10H2,1-3H3/t12-,13-/m1/s1. The van der Waals surface area contributed by atoms with Crippen LogP contribution in [0.4, 0.5) is 5.69 Å². The number of aromatic nitrogens is 4. The van der Waals surface area contributed by atoms with E-state index in [4.69, 9.17) is 11.6 Å². The summed E-state index contributed by atoms with van der Waals surface area (Å²) in [5.74, 6) is 0.115. The Morgan fingerprint density at radius 2 is 1.90 bits per heavy atom. The fourth-order valence-electron chi connectivity index (χ4n) is 4.29. The maximum absolute atomic E-state index is 10.5. The van der Waals surface area contributed by atoms with E-state index >= 15 is 0 Å². The summed E-state index contributed by atoms with van der Waals surface area (Å²) in [6.45, 7) is 6.20. The van der Waals surface area contributed by atoms with Crippen LogP contribution in [0.15, 0.2) is 36.7 Å². The zero-order valence-electron chi connectivity index (χ0n) is 17.1. The SMILES string of the molecule is C[C@@H]1CN(c2cnc3nc(-c4cc5cn(C)nc5cc4O)cc(Cl)c3c2)C[C@@H](C)N1. The maximum Gasteiger partial charge on any atom is 0.161 e. The molecule has 0 bridgehead atoms. The Kier molecular flexibility index (Phi) is 4.52. The summed E-state index contributed by atoms with van der Waals surface area (Å²) in [7, 11) is 1.85. The van der Waals surface area contributed by atoms with E-state index in [1.165, 1.54) is 0 Å². The topological polar surface area (TPSA) is 79.1 Å². The Labute approximate surface area is 179 Å². The number of hydrogen-bond donors (Lipinski definition) is 2. The van der Waals surface area contributed by atoms with Crippen LogP contribution in [0.25, 0.3) is 33.2 Å². The highest BCUT2D eigenvalue weighted by molar-refractivity contribution is 6.35.